The molecule has 0 radical (unpaired) electrons. The molecule has 1 N–H and O–H groups in total. The van der Waals surface area contributed by atoms with Crippen LogP contribution in [0.4, 0.5) is 10.6 Å². The molecular formula is C22H27N5OS. The summed E-state index contributed by atoms with van der Waals surface area (Å²) in [7, 11) is 0. The van der Waals surface area contributed by atoms with E-state index in [0.717, 1.165) is 42.0 Å². The lowest BCUT2D eigenvalue weighted by Gasteiger charge is -2.36. The number of hydrogen-bond donors (Lipinski definition) is 1. The number of anilines is 1. The number of nitrogens with zero attached hydrogens (tertiary/aromatic N) is 4. The van der Waals surface area contributed by atoms with E-state index in [9.17, 15) is 4.79 Å². The first-order valence-electron chi connectivity index (χ1n) is 10.2. The fourth-order valence-electron chi connectivity index (χ4n) is 3.76. The molecular weight excluding hydrogens is 382 g/mol. The molecule has 7 heteroatoms. The average molecular weight is 410 g/mol. The summed E-state index contributed by atoms with van der Waals surface area (Å²) < 4.78 is 0. The number of carbonyl (C=O) groups excluding carboxylic acids is 1. The van der Waals surface area contributed by atoms with Gasteiger partial charge < -0.3 is 15.1 Å². The third-order valence-corrected chi connectivity index (χ3v) is 6.52. The van der Waals surface area contributed by atoms with Gasteiger partial charge in [-0.05, 0) is 31.4 Å². The third kappa shape index (κ3) is 4.50. The highest BCUT2D eigenvalue weighted by molar-refractivity contribution is 7.18. The van der Waals surface area contributed by atoms with Crippen LogP contribution < -0.4 is 10.2 Å². The van der Waals surface area contributed by atoms with Gasteiger partial charge in [0.05, 0.1) is 5.39 Å². The summed E-state index contributed by atoms with van der Waals surface area (Å²) in [5.74, 6) is 0.989. The quantitative estimate of drug-likeness (QED) is 0.698. The molecule has 2 amide bonds. The molecule has 6 nitrogen and oxygen atoms in total. The van der Waals surface area contributed by atoms with Gasteiger partial charge in [-0.2, -0.15) is 0 Å². The standard InChI is InChI=1S/C22H27N5OS/c1-3-18-14-19-20(23-15-24-21(19)29-18)26-9-11-27(12-10-26)22(28)25-16(2)13-17-7-5-4-6-8-17/h4-8,14-16H,3,9-13H2,1-2H3,(H,25,28)/t16-/m1/s1. The highest BCUT2D eigenvalue weighted by Gasteiger charge is 2.24. The molecule has 0 bridgehead atoms. The lowest BCUT2D eigenvalue weighted by molar-refractivity contribution is 0.191. The van der Waals surface area contributed by atoms with Gasteiger partial charge in [-0.15, -0.1) is 11.3 Å². The van der Waals surface area contributed by atoms with Crippen molar-refractivity contribution in [2.24, 2.45) is 0 Å². The summed E-state index contributed by atoms with van der Waals surface area (Å²) in [5, 5.41) is 4.27. The van der Waals surface area contributed by atoms with Gasteiger partial charge in [0.15, 0.2) is 0 Å². The Kier molecular flexibility index (Phi) is 5.94. The largest absolute Gasteiger partial charge is 0.352 e. The molecule has 3 heterocycles. The number of carbonyl (C=O) groups is 1. The monoisotopic (exact) mass is 409 g/mol. The van der Waals surface area contributed by atoms with E-state index in [4.69, 9.17) is 0 Å². The maximum atomic E-state index is 12.7. The van der Waals surface area contributed by atoms with E-state index in [1.807, 2.05) is 23.1 Å². The second-order valence-corrected chi connectivity index (χ2v) is 8.61. The Morgan fingerprint density at radius 2 is 1.93 bits per heavy atom. The van der Waals surface area contributed by atoms with Crippen molar-refractivity contribution in [3.8, 4) is 0 Å². The smallest absolute Gasteiger partial charge is 0.317 e. The molecule has 29 heavy (non-hydrogen) atoms. The first kappa shape index (κ1) is 19.6. The molecule has 3 aromatic rings. The molecule has 1 atom stereocenters. The van der Waals surface area contributed by atoms with Gasteiger partial charge in [0.2, 0.25) is 0 Å². The maximum Gasteiger partial charge on any atom is 0.317 e. The number of benzene rings is 1. The Hall–Kier alpha value is -2.67. The summed E-state index contributed by atoms with van der Waals surface area (Å²) in [6.07, 6.45) is 3.50. The van der Waals surface area contributed by atoms with E-state index in [1.165, 1.54) is 10.4 Å². The summed E-state index contributed by atoms with van der Waals surface area (Å²) in [4.78, 5) is 28.2. The highest BCUT2D eigenvalue weighted by Crippen LogP contribution is 2.30. The number of amides is 2. The van der Waals surface area contributed by atoms with Crippen LogP contribution in [0.1, 0.15) is 24.3 Å². The molecule has 0 spiro atoms. The van der Waals surface area contributed by atoms with Crippen LogP contribution >= 0.6 is 11.3 Å². The molecule has 1 aromatic carbocycles. The van der Waals surface area contributed by atoms with Gasteiger partial charge in [-0.3, -0.25) is 0 Å². The Balaban J connectivity index is 1.34. The van der Waals surface area contributed by atoms with Gasteiger partial charge >= 0.3 is 6.03 Å². The molecule has 1 aliphatic heterocycles. The number of rotatable bonds is 5. The van der Waals surface area contributed by atoms with E-state index >= 15 is 0 Å². The lowest BCUT2D eigenvalue weighted by Crippen LogP contribution is -2.53. The fraction of sp³-hybridized carbons (Fsp3) is 0.409. The van der Waals surface area contributed by atoms with E-state index in [0.29, 0.717) is 13.1 Å². The van der Waals surface area contributed by atoms with Gasteiger partial charge in [0, 0.05) is 37.1 Å². The molecule has 1 aliphatic rings. The Morgan fingerprint density at radius 3 is 2.66 bits per heavy atom. The zero-order valence-electron chi connectivity index (χ0n) is 17.0. The van der Waals surface area contributed by atoms with Gasteiger partial charge in [-0.1, -0.05) is 37.3 Å². The number of piperazine rings is 1. The maximum absolute atomic E-state index is 12.7. The minimum Gasteiger partial charge on any atom is -0.352 e. The van der Waals surface area contributed by atoms with Gasteiger partial charge in [0.25, 0.3) is 0 Å². The van der Waals surface area contributed by atoms with Crippen molar-refractivity contribution in [1.29, 1.82) is 0 Å². The molecule has 1 saturated heterocycles. The van der Waals surface area contributed by atoms with Crippen molar-refractivity contribution >= 4 is 33.4 Å². The molecule has 1 fully saturated rings. The SMILES string of the molecule is CCc1cc2c(N3CCN(C(=O)N[C@H](C)Cc4ccccc4)CC3)ncnc2s1. The number of hydrogen-bond acceptors (Lipinski definition) is 5. The summed E-state index contributed by atoms with van der Waals surface area (Å²) in [6.45, 7) is 7.17. The van der Waals surface area contributed by atoms with E-state index in [-0.39, 0.29) is 12.1 Å². The summed E-state index contributed by atoms with van der Waals surface area (Å²) >= 11 is 1.74. The van der Waals surface area contributed by atoms with Crippen molar-refractivity contribution in [1.82, 2.24) is 20.2 Å². The second kappa shape index (κ2) is 8.78. The van der Waals surface area contributed by atoms with E-state index in [1.54, 1.807) is 17.7 Å². The molecule has 4 rings (SSSR count). The van der Waals surface area contributed by atoms with Crippen LogP contribution in [0.2, 0.25) is 0 Å². The highest BCUT2D eigenvalue weighted by atomic mass is 32.1. The molecule has 0 aliphatic carbocycles. The van der Waals surface area contributed by atoms with Crippen LogP contribution in [0.25, 0.3) is 10.2 Å². The van der Waals surface area contributed by atoms with Crippen molar-refractivity contribution in [3.63, 3.8) is 0 Å². The molecule has 2 aromatic heterocycles. The van der Waals surface area contributed by atoms with Crippen LogP contribution in [0.5, 0.6) is 0 Å². The van der Waals surface area contributed by atoms with Crippen LogP contribution in [-0.2, 0) is 12.8 Å². The van der Waals surface area contributed by atoms with Crippen LogP contribution in [-0.4, -0.2) is 53.1 Å². The van der Waals surface area contributed by atoms with Crippen LogP contribution in [0, 0.1) is 0 Å². The predicted octanol–water partition coefficient (Wildman–Crippen LogP) is 3.72. The van der Waals surface area contributed by atoms with Crippen molar-refractivity contribution in [3.05, 3.63) is 53.2 Å². The van der Waals surface area contributed by atoms with Crippen LogP contribution in [0.3, 0.4) is 0 Å². The van der Waals surface area contributed by atoms with Crippen molar-refractivity contribution in [2.75, 3.05) is 31.1 Å². The van der Waals surface area contributed by atoms with Crippen molar-refractivity contribution in [2.45, 2.75) is 32.7 Å². The summed E-state index contributed by atoms with van der Waals surface area (Å²) in [5.41, 5.74) is 1.24. The first-order chi connectivity index (χ1) is 14.1. The normalized spacial score (nSPS) is 15.5. The minimum atomic E-state index is 0.0183. The number of fused-ring (bicyclic) bond motifs is 1. The van der Waals surface area contributed by atoms with Crippen LogP contribution in [0.15, 0.2) is 42.7 Å². The fourth-order valence-corrected chi connectivity index (χ4v) is 4.69. The first-order valence-corrected chi connectivity index (χ1v) is 11.0. The average Bonchev–Trinajstić information content (AvgIpc) is 3.18. The molecule has 0 saturated carbocycles. The Bertz CT molecular complexity index is 966. The topological polar surface area (TPSA) is 61.4 Å². The van der Waals surface area contributed by atoms with E-state index < -0.39 is 0 Å². The van der Waals surface area contributed by atoms with Crippen molar-refractivity contribution < 1.29 is 4.79 Å². The Labute approximate surface area is 175 Å². The summed E-state index contributed by atoms with van der Waals surface area (Å²) in [6, 6.07) is 12.6. The number of nitrogens with one attached hydrogen (secondary N) is 1. The Morgan fingerprint density at radius 1 is 1.17 bits per heavy atom. The van der Waals surface area contributed by atoms with Gasteiger partial charge in [0.1, 0.15) is 17.0 Å². The zero-order chi connectivity index (χ0) is 20.2. The zero-order valence-corrected chi connectivity index (χ0v) is 17.8. The number of aryl methyl sites for hydroxylation is 1. The second-order valence-electron chi connectivity index (χ2n) is 7.50. The predicted molar refractivity (Wildman–Crippen MR) is 119 cm³/mol. The minimum absolute atomic E-state index is 0.0183. The van der Waals surface area contributed by atoms with E-state index in [2.05, 4.69) is 52.2 Å². The number of aromatic nitrogens is 2. The number of urea groups is 1. The number of thiophene rings is 1. The van der Waals surface area contributed by atoms with Gasteiger partial charge in [-0.25, -0.2) is 14.8 Å². The third-order valence-electron chi connectivity index (χ3n) is 5.33. The lowest BCUT2D eigenvalue weighted by atomic mass is 10.1. The molecule has 0 unspecified atom stereocenters. The molecule has 152 valence electrons.